The zero-order valence-electron chi connectivity index (χ0n) is 12.7. The number of aromatic nitrogens is 2. The minimum absolute atomic E-state index is 0.391. The average Bonchev–Trinajstić information content (AvgIpc) is 2.50. The van der Waals surface area contributed by atoms with E-state index in [9.17, 15) is 9.59 Å². The number of benzene rings is 1. The third-order valence-electron chi connectivity index (χ3n) is 4.32. The highest BCUT2D eigenvalue weighted by atomic mass is 16.5. The van der Waals surface area contributed by atoms with Crippen LogP contribution in [0, 0.1) is 5.92 Å². The van der Waals surface area contributed by atoms with Gasteiger partial charge in [0.05, 0.1) is 13.7 Å². The van der Waals surface area contributed by atoms with E-state index in [2.05, 4.69) is 0 Å². The Bertz CT molecular complexity index is 755. The van der Waals surface area contributed by atoms with Crippen LogP contribution in [0.25, 0.3) is 0 Å². The molecular weight excluding hydrogens is 280 g/mol. The second-order valence-corrected chi connectivity index (χ2v) is 5.83. The van der Waals surface area contributed by atoms with Gasteiger partial charge in [0.15, 0.2) is 0 Å². The van der Waals surface area contributed by atoms with E-state index < -0.39 is 11.1 Å². The van der Waals surface area contributed by atoms with E-state index in [4.69, 9.17) is 4.74 Å². The van der Waals surface area contributed by atoms with Crippen LogP contribution in [0.5, 0.6) is 5.75 Å². The van der Waals surface area contributed by atoms with Gasteiger partial charge in [0.2, 0.25) is 0 Å². The molecule has 1 saturated carbocycles. The van der Waals surface area contributed by atoms with E-state index in [1.165, 1.54) is 11.0 Å². The summed E-state index contributed by atoms with van der Waals surface area (Å²) in [6.45, 7) is 1.06. The number of nitrogens with zero attached hydrogens (tertiary/aromatic N) is 2. The van der Waals surface area contributed by atoms with Crippen LogP contribution in [0.15, 0.2) is 46.2 Å². The minimum Gasteiger partial charge on any atom is -0.497 e. The molecule has 0 amide bonds. The highest BCUT2D eigenvalue weighted by Gasteiger charge is 2.18. The monoisotopic (exact) mass is 300 g/mol. The molecule has 1 aromatic heterocycles. The molecule has 0 unspecified atom stereocenters. The summed E-state index contributed by atoms with van der Waals surface area (Å²) < 4.78 is 8.12. The van der Waals surface area contributed by atoms with Crippen molar-refractivity contribution in [3.8, 4) is 5.75 Å². The van der Waals surface area contributed by atoms with Crippen LogP contribution in [-0.4, -0.2) is 16.2 Å². The van der Waals surface area contributed by atoms with Crippen LogP contribution >= 0.6 is 0 Å². The molecule has 0 aliphatic heterocycles. The first-order chi connectivity index (χ1) is 10.7. The summed E-state index contributed by atoms with van der Waals surface area (Å²) in [7, 11) is 1.61. The van der Waals surface area contributed by atoms with Crippen molar-refractivity contribution in [2.24, 2.45) is 5.92 Å². The van der Waals surface area contributed by atoms with Crippen LogP contribution in [-0.2, 0) is 13.1 Å². The fourth-order valence-electron chi connectivity index (χ4n) is 2.69. The average molecular weight is 300 g/mol. The molecule has 1 aliphatic rings. The van der Waals surface area contributed by atoms with E-state index >= 15 is 0 Å². The van der Waals surface area contributed by atoms with E-state index in [1.54, 1.807) is 24.1 Å². The zero-order chi connectivity index (χ0) is 15.5. The predicted octanol–water partition coefficient (Wildman–Crippen LogP) is 1.87. The van der Waals surface area contributed by atoms with Crippen molar-refractivity contribution in [2.45, 2.75) is 32.4 Å². The van der Waals surface area contributed by atoms with Crippen molar-refractivity contribution in [1.82, 2.24) is 9.13 Å². The van der Waals surface area contributed by atoms with Crippen LogP contribution in [0.3, 0.4) is 0 Å². The molecule has 5 heteroatoms. The zero-order valence-corrected chi connectivity index (χ0v) is 12.7. The molecule has 0 bridgehead atoms. The van der Waals surface area contributed by atoms with Crippen LogP contribution in [0.1, 0.15) is 24.8 Å². The first-order valence-corrected chi connectivity index (χ1v) is 7.60. The van der Waals surface area contributed by atoms with Gasteiger partial charge in [0, 0.05) is 18.9 Å². The topological polar surface area (TPSA) is 53.2 Å². The summed E-state index contributed by atoms with van der Waals surface area (Å²) in [6, 6.07) is 7.48. The molecule has 0 spiro atoms. The molecule has 1 aromatic carbocycles. The maximum absolute atomic E-state index is 12.2. The summed E-state index contributed by atoms with van der Waals surface area (Å²) in [4.78, 5) is 24.4. The Morgan fingerprint density at radius 2 is 1.68 bits per heavy atom. The minimum atomic E-state index is -0.461. The standard InChI is InChI=1S/C17H20N2O3/c1-22-15-7-5-14(6-8-15)12-19-10-9-18(16(20)17(19)21)11-13-3-2-4-13/h5-10,13H,2-4,11-12H2,1H3. The maximum Gasteiger partial charge on any atom is 0.316 e. The predicted molar refractivity (Wildman–Crippen MR) is 84.4 cm³/mol. The number of rotatable bonds is 5. The molecule has 22 heavy (non-hydrogen) atoms. The third kappa shape index (κ3) is 2.98. The quantitative estimate of drug-likeness (QED) is 0.792. The molecule has 5 nitrogen and oxygen atoms in total. The molecule has 1 fully saturated rings. The van der Waals surface area contributed by atoms with Crippen LogP contribution in [0.2, 0.25) is 0 Å². The smallest absolute Gasteiger partial charge is 0.316 e. The molecule has 0 N–H and O–H groups in total. The van der Waals surface area contributed by atoms with Crippen molar-refractivity contribution >= 4 is 0 Å². The summed E-state index contributed by atoms with van der Waals surface area (Å²) >= 11 is 0. The largest absolute Gasteiger partial charge is 0.497 e. The summed E-state index contributed by atoms with van der Waals surface area (Å²) in [5.74, 6) is 1.32. The highest BCUT2D eigenvalue weighted by molar-refractivity contribution is 5.27. The van der Waals surface area contributed by atoms with Gasteiger partial charge in [-0.25, -0.2) is 0 Å². The Labute approximate surface area is 128 Å². The van der Waals surface area contributed by atoms with Gasteiger partial charge in [0.1, 0.15) is 5.75 Å². The molecule has 116 valence electrons. The lowest BCUT2D eigenvalue weighted by atomic mass is 9.85. The van der Waals surface area contributed by atoms with Crippen LogP contribution in [0.4, 0.5) is 0 Å². The van der Waals surface area contributed by atoms with Gasteiger partial charge in [-0.3, -0.25) is 9.59 Å². The second kappa shape index (κ2) is 6.22. The molecule has 0 saturated heterocycles. The molecule has 2 aromatic rings. The normalized spacial score (nSPS) is 14.6. The summed E-state index contributed by atoms with van der Waals surface area (Å²) in [5.41, 5.74) is 0.0691. The van der Waals surface area contributed by atoms with Crippen molar-refractivity contribution in [3.63, 3.8) is 0 Å². The van der Waals surface area contributed by atoms with E-state index in [0.717, 1.165) is 24.2 Å². The molecule has 3 rings (SSSR count). The Morgan fingerprint density at radius 3 is 2.27 bits per heavy atom. The lowest BCUT2D eigenvalue weighted by Crippen LogP contribution is -2.42. The molecule has 1 heterocycles. The Kier molecular flexibility index (Phi) is 4.13. The maximum atomic E-state index is 12.2. The van der Waals surface area contributed by atoms with E-state index in [-0.39, 0.29) is 0 Å². The highest BCUT2D eigenvalue weighted by Crippen LogP contribution is 2.27. The lowest BCUT2D eigenvalue weighted by molar-refractivity contribution is 0.272. The fourth-order valence-corrected chi connectivity index (χ4v) is 2.69. The summed E-state index contributed by atoms with van der Waals surface area (Å²) in [5, 5.41) is 0. The van der Waals surface area contributed by atoms with E-state index in [0.29, 0.717) is 19.0 Å². The van der Waals surface area contributed by atoms with Gasteiger partial charge < -0.3 is 13.9 Å². The molecular formula is C17H20N2O3. The Hall–Kier alpha value is -2.30. The van der Waals surface area contributed by atoms with Crippen LogP contribution < -0.4 is 15.9 Å². The Morgan fingerprint density at radius 1 is 1.05 bits per heavy atom. The molecule has 1 aliphatic carbocycles. The first kappa shape index (κ1) is 14.6. The fraction of sp³-hybridized carbons (Fsp3) is 0.412. The Balaban J connectivity index is 1.80. The first-order valence-electron chi connectivity index (χ1n) is 7.60. The lowest BCUT2D eigenvalue weighted by Gasteiger charge is -2.25. The van der Waals surface area contributed by atoms with E-state index in [1.807, 2.05) is 24.3 Å². The number of hydrogen-bond acceptors (Lipinski definition) is 3. The van der Waals surface area contributed by atoms with Crippen molar-refractivity contribution in [1.29, 1.82) is 0 Å². The van der Waals surface area contributed by atoms with Gasteiger partial charge >= 0.3 is 11.1 Å². The van der Waals surface area contributed by atoms with Crippen molar-refractivity contribution in [3.05, 3.63) is 62.9 Å². The SMILES string of the molecule is COc1ccc(Cn2ccn(CC3CCC3)c(=O)c2=O)cc1. The third-order valence-corrected chi connectivity index (χ3v) is 4.32. The van der Waals surface area contributed by atoms with Gasteiger partial charge in [-0.1, -0.05) is 18.6 Å². The van der Waals surface area contributed by atoms with Crippen molar-refractivity contribution < 1.29 is 4.74 Å². The van der Waals surface area contributed by atoms with Gasteiger partial charge in [0.25, 0.3) is 0 Å². The van der Waals surface area contributed by atoms with Crippen molar-refractivity contribution in [2.75, 3.05) is 7.11 Å². The number of methoxy groups -OCH3 is 1. The molecule has 0 radical (unpaired) electrons. The number of ether oxygens (including phenoxy) is 1. The van der Waals surface area contributed by atoms with Gasteiger partial charge in [-0.15, -0.1) is 0 Å². The second-order valence-electron chi connectivity index (χ2n) is 5.83. The molecule has 0 atom stereocenters. The summed E-state index contributed by atoms with van der Waals surface area (Å²) in [6.07, 6.45) is 6.97. The number of hydrogen-bond donors (Lipinski definition) is 0. The van der Waals surface area contributed by atoms with Gasteiger partial charge in [-0.2, -0.15) is 0 Å². The van der Waals surface area contributed by atoms with Gasteiger partial charge in [-0.05, 0) is 36.5 Å².